The lowest BCUT2D eigenvalue weighted by Gasteiger charge is -2.34. The molecular weight excluding hydrogens is 288 g/mol. The fourth-order valence-electron chi connectivity index (χ4n) is 3.66. The molecule has 0 heterocycles. The fourth-order valence-corrected chi connectivity index (χ4v) is 3.66. The lowest BCUT2D eigenvalue weighted by atomic mass is 9.86. The molecule has 1 aromatic carbocycles. The van der Waals surface area contributed by atoms with E-state index in [4.69, 9.17) is 0 Å². The van der Waals surface area contributed by atoms with Crippen molar-refractivity contribution in [2.24, 2.45) is 5.92 Å². The maximum atomic E-state index is 12.4. The molecule has 0 aliphatic heterocycles. The Morgan fingerprint density at radius 2 is 1.74 bits per heavy atom. The van der Waals surface area contributed by atoms with Gasteiger partial charge in [-0.05, 0) is 69.1 Å². The monoisotopic (exact) mass is 318 g/mol. The van der Waals surface area contributed by atoms with Crippen molar-refractivity contribution in [3.63, 3.8) is 0 Å². The van der Waals surface area contributed by atoms with E-state index in [1.165, 1.54) is 22.3 Å². The summed E-state index contributed by atoms with van der Waals surface area (Å²) in [7, 11) is 1.88. The number of aryl methyl sites for hydroxylation is 3. The molecule has 2 N–H and O–H groups in total. The summed E-state index contributed by atoms with van der Waals surface area (Å²) in [6.45, 7) is 7.14. The molecule has 128 valence electrons. The number of amides is 2. The van der Waals surface area contributed by atoms with Crippen LogP contribution >= 0.6 is 0 Å². The minimum absolute atomic E-state index is 0.00294. The third-order valence-electron chi connectivity index (χ3n) is 5.20. The molecule has 2 amide bonds. The molecule has 0 bridgehead atoms. The van der Waals surface area contributed by atoms with Gasteiger partial charge in [-0.15, -0.1) is 0 Å². The van der Waals surface area contributed by atoms with Gasteiger partial charge in [-0.3, -0.25) is 0 Å². The fraction of sp³-hybridized carbons (Fsp3) is 0.632. The largest absolute Gasteiger partial charge is 0.396 e. The topological polar surface area (TPSA) is 52.6 Å². The molecule has 2 rings (SSSR count). The second-order valence-corrected chi connectivity index (χ2v) is 7.00. The quantitative estimate of drug-likeness (QED) is 0.895. The summed E-state index contributed by atoms with van der Waals surface area (Å²) in [5, 5.41) is 12.3. The van der Waals surface area contributed by atoms with Gasteiger partial charge in [0.25, 0.3) is 0 Å². The summed E-state index contributed by atoms with van der Waals surface area (Å²) in [6.07, 6.45) is 3.99. The molecule has 0 spiro atoms. The third-order valence-corrected chi connectivity index (χ3v) is 5.20. The molecule has 1 fully saturated rings. The number of hydrogen-bond donors (Lipinski definition) is 2. The molecule has 0 unspecified atom stereocenters. The number of rotatable bonds is 4. The van der Waals surface area contributed by atoms with Crippen LogP contribution in [0.3, 0.4) is 0 Å². The highest BCUT2D eigenvalue weighted by Crippen LogP contribution is 2.26. The number of carbonyl (C=O) groups is 1. The van der Waals surface area contributed by atoms with E-state index >= 15 is 0 Å². The second kappa shape index (κ2) is 7.82. The van der Waals surface area contributed by atoms with E-state index in [1.807, 2.05) is 11.9 Å². The smallest absolute Gasteiger partial charge is 0.317 e. The van der Waals surface area contributed by atoms with Crippen LogP contribution in [0.4, 0.5) is 4.79 Å². The summed E-state index contributed by atoms with van der Waals surface area (Å²) in [4.78, 5) is 14.3. The Labute approximate surface area is 139 Å². The number of hydrogen-bond acceptors (Lipinski definition) is 2. The Kier molecular flexibility index (Phi) is 6.05. The van der Waals surface area contributed by atoms with Gasteiger partial charge >= 0.3 is 6.03 Å². The molecule has 0 saturated heterocycles. The highest BCUT2D eigenvalue weighted by atomic mass is 16.3. The summed E-state index contributed by atoms with van der Waals surface area (Å²) in [5.74, 6) is 0.417. The number of aliphatic hydroxyl groups is 1. The predicted molar refractivity (Wildman–Crippen MR) is 93.5 cm³/mol. The van der Waals surface area contributed by atoms with Gasteiger partial charge in [0.15, 0.2) is 0 Å². The first-order chi connectivity index (χ1) is 10.9. The van der Waals surface area contributed by atoms with Crippen molar-refractivity contribution >= 4 is 6.03 Å². The molecule has 0 radical (unpaired) electrons. The van der Waals surface area contributed by atoms with Crippen LogP contribution in [-0.2, 0) is 6.54 Å². The minimum atomic E-state index is -0.00294. The number of benzene rings is 1. The van der Waals surface area contributed by atoms with Crippen molar-refractivity contribution in [1.82, 2.24) is 10.2 Å². The van der Waals surface area contributed by atoms with Crippen LogP contribution in [0.15, 0.2) is 12.1 Å². The number of carbonyl (C=O) groups excluding carboxylic acids is 1. The first-order valence-electron chi connectivity index (χ1n) is 8.60. The molecule has 0 atom stereocenters. The Morgan fingerprint density at radius 1 is 1.17 bits per heavy atom. The molecule has 1 aromatic rings. The molecule has 4 heteroatoms. The first kappa shape index (κ1) is 17.8. The Bertz CT molecular complexity index is 525. The van der Waals surface area contributed by atoms with Crippen LogP contribution < -0.4 is 5.32 Å². The van der Waals surface area contributed by atoms with E-state index in [-0.39, 0.29) is 18.7 Å². The molecule has 0 aromatic heterocycles. The van der Waals surface area contributed by atoms with Crippen molar-refractivity contribution in [3.8, 4) is 0 Å². The zero-order valence-corrected chi connectivity index (χ0v) is 14.9. The zero-order chi connectivity index (χ0) is 17.0. The maximum absolute atomic E-state index is 12.4. The van der Waals surface area contributed by atoms with Gasteiger partial charge in [0.05, 0.1) is 0 Å². The van der Waals surface area contributed by atoms with Gasteiger partial charge in [0.1, 0.15) is 0 Å². The van der Waals surface area contributed by atoms with Gasteiger partial charge in [0, 0.05) is 26.2 Å². The molecule has 1 aliphatic rings. The van der Waals surface area contributed by atoms with Crippen molar-refractivity contribution in [3.05, 3.63) is 34.4 Å². The van der Waals surface area contributed by atoms with Crippen LogP contribution in [0, 0.1) is 26.7 Å². The van der Waals surface area contributed by atoms with Crippen LogP contribution in [0.5, 0.6) is 0 Å². The molecule has 23 heavy (non-hydrogen) atoms. The highest BCUT2D eigenvalue weighted by Gasteiger charge is 2.26. The van der Waals surface area contributed by atoms with Crippen LogP contribution in [0.1, 0.15) is 47.9 Å². The normalized spacial score (nSPS) is 21.1. The van der Waals surface area contributed by atoms with E-state index < -0.39 is 0 Å². The zero-order valence-electron chi connectivity index (χ0n) is 14.9. The van der Waals surface area contributed by atoms with Crippen LogP contribution in [-0.4, -0.2) is 35.7 Å². The second-order valence-electron chi connectivity index (χ2n) is 7.00. The number of aliphatic hydroxyl groups excluding tert-OH is 1. The van der Waals surface area contributed by atoms with E-state index in [9.17, 15) is 9.90 Å². The Balaban J connectivity index is 1.90. The van der Waals surface area contributed by atoms with E-state index in [1.54, 1.807) is 0 Å². The van der Waals surface area contributed by atoms with E-state index in [0.717, 1.165) is 25.7 Å². The van der Waals surface area contributed by atoms with Crippen molar-refractivity contribution in [1.29, 1.82) is 0 Å². The average molecular weight is 318 g/mol. The molecule has 1 aliphatic carbocycles. The van der Waals surface area contributed by atoms with Gasteiger partial charge in [-0.2, -0.15) is 0 Å². The molecular formula is C19H30N2O2. The van der Waals surface area contributed by atoms with Crippen molar-refractivity contribution in [2.45, 2.75) is 59.0 Å². The van der Waals surface area contributed by atoms with Crippen LogP contribution in [0.2, 0.25) is 0 Å². The lowest BCUT2D eigenvalue weighted by molar-refractivity contribution is 0.134. The predicted octanol–water partition coefficient (Wildman–Crippen LogP) is 3.30. The lowest BCUT2D eigenvalue weighted by Crippen LogP contribution is -2.45. The van der Waals surface area contributed by atoms with E-state index in [2.05, 4.69) is 38.2 Å². The van der Waals surface area contributed by atoms with Gasteiger partial charge in [-0.1, -0.05) is 17.7 Å². The van der Waals surface area contributed by atoms with Gasteiger partial charge < -0.3 is 15.3 Å². The third kappa shape index (κ3) is 4.47. The molecule has 4 nitrogen and oxygen atoms in total. The van der Waals surface area contributed by atoms with Gasteiger partial charge in [-0.25, -0.2) is 4.79 Å². The number of nitrogens with zero attached hydrogens (tertiary/aromatic N) is 1. The highest BCUT2D eigenvalue weighted by molar-refractivity contribution is 5.74. The summed E-state index contributed by atoms with van der Waals surface area (Å²) in [5.41, 5.74) is 4.93. The van der Waals surface area contributed by atoms with Gasteiger partial charge in [0.2, 0.25) is 0 Å². The minimum Gasteiger partial charge on any atom is -0.396 e. The Morgan fingerprint density at radius 3 is 2.26 bits per heavy atom. The number of nitrogens with one attached hydrogen (secondary N) is 1. The number of urea groups is 1. The SMILES string of the molecule is Cc1cc(C)c(CNC(=O)N(C)C2CCC(CO)CC2)c(C)c1. The van der Waals surface area contributed by atoms with Crippen molar-refractivity contribution < 1.29 is 9.90 Å². The summed E-state index contributed by atoms with van der Waals surface area (Å²) < 4.78 is 0. The first-order valence-corrected chi connectivity index (χ1v) is 8.60. The van der Waals surface area contributed by atoms with Crippen molar-refractivity contribution in [2.75, 3.05) is 13.7 Å². The summed E-state index contributed by atoms with van der Waals surface area (Å²) in [6, 6.07) is 4.61. The van der Waals surface area contributed by atoms with E-state index in [0.29, 0.717) is 12.5 Å². The molecule has 1 saturated carbocycles. The average Bonchev–Trinajstić information content (AvgIpc) is 2.53. The summed E-state index contributed by atoms with van der Waals surface area (Å²) >= 11 is 0. The standard InChI is InChI=1S/C19H30N2O2/c1-13-9-14(2)18(15(3)10-13)11-20-19(23)21(4)17-7-5-16(12-22)6-8-17/h9-10,16-17,22H,5-8,11-12H2,1-4H3,(H,20,23). The van der Waals surface area contributed by atoms with Crippen LogP contribution in [0.25, 0.3) is 0 Å². The Hall–Kier alpha value is -1.55. The maximum Gasteiger partial charge on any atom is 0.317 e.